The average molecular weight is 274 g/mol. The Labute approximate surface area is 110 Å². The summed E-state index contributed by atoms with van der Waals surface area (Å²) < 4.78 is 26.5. The molecule has 0 radical (unpaired) electrons. The van der Waals surface area contributed by atoms with Gasteiger partial charge in [0, 0.05) is 12.7 Å². The van der Waals surface area contributed by atoms with E-state index < -0.39 is 6.67 Å². The van der Waals surface area contributed by atoms with Crippen molar-refractivity contribution in [3.05, 3.63) is 48.0 Å². The maximum absolute atomic E-state index is 12.9. The molecule has 3 nitrogen and oxygen atoms in total. The molecule has 0 spiro atoms. The van der Waals surface area contributed by atoms with E-state index in [1.165, 1.54) is 16.8 Å². The van der Waals surface area contributed by atoms with E-state index in [4.69, 9.17) is 0 Å². The molecular weight excluding hydrogens is 260 g/mol. The predicted molar refractivity (Wildman–Crippen MR) is 69.2 cm³/mol. The van der Waals surface area contributed by atoms with Crippen molar-refractivity contribution in [1.82, 2.24) is 9.78 Å². The molecule has 0 unspecified atom stereocenters. The average Bonchev–Trinajstić information content (AvgIpc) is 2.75. The highest BCUT2D eigenvalue weighted by molar-refractivity contribution is 5.85. The lowest BCUT2D eigenvalue weighted by Gasteiger charge is -2.03. The minimum absolute atomic E-state index is 0. The van der Waals surface area contributed by atoms with E-state index in [0.717, 1.165) is 11.3 Å². The number of nitrogens with one attached hydrogen (secondary N) is 1. The van der Waals surface area contributed by atoms with Gasteiger partial charge in [0.25, 0.3) is 0 Å². The number of benzene rings is 1. The highest BCUT2D eigenvalue weighted by atomic mass is 35.5. The standard InChI is InChI=1S/C12H13F2N3.ClH/c13-4-5-17-9-12(8-16-17)15-7-10-2-1-3-11(14)6-10;/h1-3,6,8-9,15H,4-5,7H2;1H. The number of aryl methyl sites for hydroxylation is 1. The van der Waals surface area contributed by atoms with Crippen LogP contribution in [0.5, 0.6) is 0 Å². The minimum Gasteiger partial charge on any atom is -0.378 e. The van der Waals surface area contributed by atoms with Crippen LogP contribution < -0.4 is 5.32 Å². The Balaban J connectivity index is 0.00000162. The zero-order valence-corrected chi connectivity index (χ0v) is 10.5. The molecule has 0 saturated carbocycles. The van der Waals surface area contributed by atoms with Crippen molar-refractivity contribution >= 4 is 18.1 Å². The molecule has 2 rings (SSSR count). The molecule has 0 bridgehead atoms. The molecule has 0 aliphatic rings. The molecule has 0 saturated heterocycles. The van der Waals surface area contributed by atoms with Crippen LogP contribution >= 0.6 is 12.4 Å². The van der Waals surface area contributed by atoms with Crippen LogP contribution in [0.4, 0.5) is 14.5 Å². The Morgan fingerprint density at radius 1 is 1.33 bits per heavy atom. The van der Waals surface area contributed by atoms with Crippen molar-refractivity contribution in [2.24, 2.45) is 0 Å². The second kappa shape index (κ2) is 6.96. The lowest BCUT2D eigenvalue weighted by atomic mass is 10.2. The third-order valence-electron chi connectivity index (χ3n) is 2.33. The molecule has 0 fully saturated rings. The molecule has 2 aromatic rings. The number of halogens is 3. The van der Waals surface area contributed by atoms with Gasteiger partial charge in [0.05, 0.1) is 18.4 Å². The van der Waals surface area contributed by atoms with Gasteiger partial charge in [-0.15, -0.1) is 12.4 Å². The van der Waals surface area contributed by atoms with Gasteiger partial charge < -0.3 is 5.32 Å². The number of alkyl halides is 1. The lowest BCUT2D eigenvalue weighted by Crippen LogP contribution is -2.00. The summed E-state index contributed by atoms with van der Waals surface area (Å²) in [7, 11) is 0. The number of hydrogen-bond donors (Lipinski definition) is 1. The lowest BCUT2D eigenvalue weighted by molar-refractivity contribution is 0.427. The van der Waals surface area contributed by atoms with Gasteiger partial charge in [0.15, 0.2) is 0 Å². The summed E-state index contributed by atoms with van der Waals surface area (Å²) in [4.78, 5) is 0. The molecule has 6 heteroatoms. The van der Waals surface area contributed by atoms with Gasteiger partial charge in [-0.05, 0) is 17.7 Å². The second-order valence-electron chi connectivity index (χ2n) is 3.66. The van der Waals surface area contributed by atoms with Gasteiger partial charge in [0.2, 0.25) is 0 Å². The maximum atomic E-state index is 12.9. The zero-order valence-electron chi connectivity index (χ0n) is 9.64. The van der Waals surface area contributed by atoms with Gasteiger partial charge in [-0.25, -0.2) is 8.78 Å². The van der Waals surface area contributed by atoms with Crippen LogP contribution in [0.15, 0.2) is 36.7 Å². The van der Waals surface area contributed by atoms with E-state index in [1.54, 1.807) is 18.5 Å². The fourth-order valence-corrected chi connectivity index (χ4v) is 1.51. The van der Waals surface area contributed by atoms with Crippen LogP contribution in [0.25, 0.3) is 0 Å². The van der Waals surface area contributed by atoms with Gasteiger partial charge in [-0.2, -0.15) is 5.10 Å². The topological polar surface area (TPSA) is 29.9 Å². The summed E-state index contributed by atoms with van der Waals surface area (Å²) in [5.41, 5.74) is 1.64. The fourth-order valence-electron chi connectivity index (χ4n) is 1.51. The molecule has 0 aliphatic carbocycles. The van der Waals surface area contributed by atoms with Crippen molar-refractivity contribution in [3.63, 3.8) is 0 Å². The Morgan fingerprint density at radius 2 is 2.17 bits per heavy atom. The fraction of sp³-hybridized carbons (Fsp3) is 0.250. The van der Waals surface area contributed by atoms with Crippen LogP contribution in [-0.4, -0.2) is 16.5 Å². The molecule has 1 aromatic carbocycles. The van der Waals surface area contributed by atoms with Crippen molar-refractivity contribution in [1.29, 1.82) is 0 Å². The molecule has 98 valence electrons. The monoisotopic (exact) mass is 273 g/mol. The third-order valence-corrected chi connectivity index (χ3v) is 2.33. The third kappa shape index (κ3) is 4.00. The molecular formula is C12H14ClF2N3. The highest BCUT2D eigenvalue weighted by Gasteiger charge is 1.99. The van der Waals surface area contributed by atoms with Crippen LogP contribution in [0.2, 0.25) is 0 Å². The molecule has 0 amide bonds. The molecule has 1 aromatic heterocycles. The Bertz CT molecular complexity index is 488. The first-order chi connectivity index (χ1) is 8.28. The van der Waals surface area contributed by atoms with Crippen LogP contribution in [0.3, 0.4) is 0 Å². The van der Waals surface area contributed by atoms with Gasteiger partial charge in [-0.1, -0.05) is 12.1 Å². The van der Waals surface area contributed by atoms with E-state index in [0.29, 0.717) is 6.54 Å². The van der Waals surface area contributed by atoms with E-state index in [-0.39, 0.29) is 24.8 Å². The first-order valence-electron chi connectivity index (χ1n) is 5.34. The first-order valence-corrected chi connectivity index (χ1v) is 5.34. The molecule has 0 atom stereocenters. The van der Waals surface area contributed by atoms with Gasteiger partial charge in [0.1, 0.15) is 12.5 Å². The van der Waals surface area contributed by atoms with Crippen molar-refractivity contribution < 1.29 is 8.78 Å². The number of aromatic nitrogens is 2. The minimum atomic E-state index is -0.439. The van der Waals surface area contributed by atoms with Crippen molar-refractivity contribution in [2.45, 2.75) is 13.1 Å². The Kier molecular flexibility index (Phi) is 5.58. The molecule has 18 heavy (non-hydrogen) atoms. The smallest absolute Gasteiger partial charge is 0.123 e. The van der Waals surface area contributed by atoms with Gasteiger partial charge >= 0.3 is 0 Å². The second-order valence-corrected chi connectivity index (χ2v) is 3.66. The molecule has 1 heterocycles. The normalized spacial score (nSPS) is 9.89. The number of anilines is 1. The quantitative estimate of drug-likeness (QED) is 0.907. The molecule has 0 aliphatic heterocycles. The van der Waals surface area contributed by atoms with Crippen molar-refractivity contribution in [3.8, 4) is 0 Å². The Morgan fingerprint density at radius 3 is 2.89 bits per heavy atom. The summed E-state index contributed by atoms with van der Waals surface area (Å²) in [6.07, 6.45) is 3.34. The Hall–Kier alpha value is -1.62. The highest BCUT2D eigenvalue weighted by Crippen LogP contribution is 2.09. The number of nitrogens with zero attached hydrogens (tertiary/aromatic N) is 2. The van der Waals surface area contributed by atoms with Crippen molar-refractivity contribution in [2.75, 3.05) is 12.0 Å². The first kappa shape index (κ1) is 14.4. The maximum Gasteiger partial charge on any atom is 0.123 e. The van der Waals surface area contributed by atoms with E-state index in [9.17, 15) is 8.78 Å². The molecule has 1 N–H and O–H groups in total. The largest absolute Gasteiger partial charge is 0.378 e. The van der Waals surface area contributed by atoms with E-state index >= 15 is 0 Å². The predicted octanol–water partition coefficient (Wildman–Crippen LogP) is 3.03. The van der Waals surface area contributed by atoms with E-state index in [1.807, 2.05) is 6.07 Å². The SMILES string of the molecule is Cl.FCCn1cc(NCc2cccc(F)c2)cn1. The number of hydrogen-bond acceptors (Lipinski definition) is 2. The zero-order chi connectivity index (χ0) is 12.1. The van der Waals surface area contributed by atoms with Gasteiger partial charge in [-0.3, -0.25) is 4.68 Å². The number of rotatable bonds is 5. The summed E-state index contributed by atoms with van der Waals surface area (Å²) in [6.45, 7) is 0.325. The summed E-state index contributed by atoms with van der Waals surface area (Å²) in [6, 6.07) is 6.38. The summed E-state index contributed by atoms with van der Waals surface area (Å²) in [5, 5.41) is 7.07. The van der Waals surface area contributed by atoms with Crippen LogP contribution in [0.1, 0.15) is 5.56 Å². The summed E-state index contributed by atoms with van der Waals surface area (Å²) >= 11 is 0. The van der Waals surface area contributed by atoms with Crippen LogP contribution in [-0.2, 0) is 13.1 Å². The van der Waals surface area contributed by atoms with Crippen LogP contribution in [0, 0.1) is 5.82 Å². The summed E-state index contributed by atoms with van der Waals surface area (Å²) in [5.74, 6) is -0.252. The van der Waals surface area contributed by atoms with E-state index in [2.05, 4.69) is 10.4 Å².